The van der Waals surface area contributed by atoms with Crippen molar-refractivity contribution in [2.75, 3.05) is 13.7 Å². The number of pyridine rings is 1. The van der Waals surface area contributed by atoms with Gasteiger partial charge in [0.1, 0.15) is 47.8 Å². The van der Waals surface area contributed by atoms with E-state index in [0.29, 0.717) is 23.2 Å². The van der Waals surface area contributed by atoms with Crippen LogP contribution in [0.2, 0.25) is 5.15 Å². The summed E-state index contributed by atoms with van der Waals surface area (Å²) in [5, 5.41) is 2.18. The number of rotatable bonds is 6. The zero-order valence-electron chi connectivity index (χ0n) is 19.6. The second-order valence-electron chi connectivity index (χ2n) is 9.16. The lowest BCUT2D eigenvalue weighted by Gasteiger charge is -2.25. The maximum Gasteiger partial charge on any atom is 0.164 e. The molecule has 2 aliphatic rings. The minimum atomic E-state index is -0.740. The Morgan fingerprint density at radius 1 is 1.09 bits per heavy atom. The highest BCUT2D eigenvalue weighted by Gasteiger charge is 2.56. The molecule has 10 heteroatoms. The largest absolute Gasteiger partial charge is 0.491 e. The van der Waals surface area contributed by atoms with E-state index in [4.69, 9.17) is 35.3 Å². The first-order chi connectivity index (χ1) is 16.9. The molecule has 4 atom stereocenters. The van der Waals surface area contributed by atoms with Gasteiger partial charge in [0.15, 0.2) is 12.0 Å². The monoisotopic (exact) mass is 496 g/mol. The van der Waals surface area contributed by atoms with Crippen molar-refractivity contribution in [3.63, 3.8) is 0 Å². The van der Waals surface area contributed by atoms with Crippen LogP contribution >= 0.6 is 11.6 Å². The van der Waals surface area contributed by atoms with Gasteiger partial charge in [0.2, 0.25) is 0 Å². The number of nitrogens with zero attached hydrogens (tertiary/aromatic N) is 4. The summed E-state index contributed by atoms with van der Waals surface area (Å²) in [6.07, 6.45) is 1.88. The van der Waals surface area contributed by atoms with E-state index in [1.54, 1.807) is 7.11 Å². The third-order valence-electron chi connectivity index (χ3n) is 6.29. The predicted molar refractivity (Wildman–Crippen MR) is 128 cm³/mol. The van der Waals surface area contributed by atoms with Gasteiger partial charge in [-0.3, -0.25) is 4.98 Å². The standard InChI is InChI=1S/C25H25ClN4O5/c1-25(2)34-20-19(12-32-16-7-5-14-4-6-15(11-31-3)29-18(14)10-16)33-24(21(20)35-25)30-9-8-17-22(26)27-13-28-23(17)30/h4-10,13,19-21,24H,11-12H2,1-3H3/t19-,20?,21-,24-/m1/s1. The molecule has 35 heavy (non-hydrogen) atoms. The van der Waals surface area contributed by atoms with Crippen LogP contribution in [0.4, 0.5) is 0 Å². The minimum Gasteiger partial charge on any atom is -0.491 e. The molecule has 2 aliphatic heterocycles. The fourth-order valence-electron chi connectivity index (χ4n) is 4.80. The molecule has 0 radical (unpaired) electrons. The van der Waals surface area contributed by atoms with Crippen LogP contribution in [0.25, 0.3) is 21.9 Å². The summed E-state index contributed by atoms with van der Waals surface area (Å²) in [5.41, 5.74) is 2.39. The van der Waals surface area contributed by atoms with Crippen molar-refractivity contribution < 1.29 is 23.7 Å². The summed E-state index contributed by atoms with van der Waals surface area (Å²) in [6.45, 7) is 4.55. The van der Waals surface area contributed by atoms with Crippen LogP contribution in [0.15, 0.2) is 48.9 Å². The quantitative estimate of drug-likeness (QED) is 0.365. The predicted octanol–water partition coefficient (Wildman–Crippen LogP) is 4.28. The van der Waals surface area contributed by atoms with Crippen molar-refractivity contribution in [2.45, 2.75) is 50.8 Å². The van der Waals surface area contributed by atoms with Crippen molar-refractivity contribution >= 4 is 33.5 Å². The third kappa shape index (κ3) is 4.13. The first-order valence-corrected chi connectivity index (χ1v) is 11.8. The summed E-state index contributed by atoms with van der Waals surface area (Å²) >= 11 is 6.26. The lowest BCUT2D eigenvalue weighted by atomic mass is 10.1. The van der Waals surface area contributed by atoms with Crippen LogP contribution in [0, 0.1) is 0 Å². The number of aromatic nitrogens is 4. The normalized spacial score (nSPS) is 25.4. The van der Waals surface area contributed by atoms with Gasteiger partial charge < -0.3 is 28.3 Å². The molecular weight excluding hydrogens is 472 g/mol. The van der Waals surface area contributed by atoms with Crippen LogP contribution in [-0.4, -0.2) is 57.3 Å². The molecule has 182 valence electrons. The topological polar surface area (TPSA) is 89.8 Å². The molecule has 3 aromatic heterocycles. The molecule has 0 spiro atoms. The van der Waals surface area contributed by atoms with Crippen LogP contribution in [0.5, 0.6) is 5.75 Å². The summed E-state index contributed by atoms with van der Waals surface area (Å²) in [4.78, 5) is 13.1. The van der Waals surface area contributed by atoms with Crippen molar-refractivity contribution in [1.29, 1.82) is 0 Å². The molecule has 5 heterocycles. The Morgan fingerprint density at radius 2 is 1.91 bits per heavy atom. The lowest BCUT2D eigenvalue weighted by Crippen LogP contribution is -2.33. The van der Waals surface area contributed by atoms with Gasteiger partial charge in [0, 0.05) is 24.8 Å². The number of hydrogen-bond donors (Lipinski definition) is 0. The van der Waals surface area contributed by atoms with Gasteiger partial charge in [0.05, 0.1) is 23.2 Å². The maximum absolute atomic E-state index is 6.43. The number of halogens is 1. The van der Waals surface area contributed by atoms with Gasteiger partial charge >= 0.3 is 0 Å². The summed E-state index contributed by atoms with van der Waals surface area (Å²) in [6, 6.07) is 11.7. The second kappa shape index (κ2) is 8.69. The average molecular weight is 497 g/mol. The van der Waals surface area contributed by atoms with Crippen LogP contribution in [0.1, 0.15) is 25.8 Å². The Kier molecular flexibility index (Phi) is 5.62. The SMILES string of the molecule is COCc1ccc2ccc(OC[C@H]3O[C@@H](n4ccc5c(Cl)ncnc54)[C@@H]4OC(C)(C)OC43)cc2n1. The highest BCUT2D eigenvalue weighted by atomic mass is 35.5. The van der Waals surface area contributed by atoms with Crippen LogP contribution in [-0.2, 0) is 25.6 Å². The molecule has 2 fully saturated rings. The van der Waals surface area contributed by atoms with E-state index in [2.05, 4.69) is 15.0 Å². The summed E-state index contributed by atoms with van der Waals surface area (Å²) in [5.74, 6) is -0.0391. The van der Waals surface area contributed by atoms with Crippen LogP contribution in [0.3, 0.4) is 0 Å². The minimum absolute atomic E-state index is 0.287. The van der Waals surface area contributed by atoms with E-state index >= 15 is 0 Å². The number of ether oxygens (including phenoxy) is 5. The Bertz CT molecular complexity index is 1390. The summed E-state index contributed by atoms with van der Waals surface area (Å²) in [7, 11) is 1.65. The average Bonchev–Trinajstić information content (AvgIpc) is 3.49. The maximum atomic E-state index is 6.43. The molecule has 0 aliphatic carbocycles. The molecule has 0 bridgehead atoms. The number of hydrogen-bond acceptors (Lipinski definition) is 8. The fourth-order valence-corrected chi connectivity index (χ4v) is 4.99. The Morgan fingerprint density at radius 3 is 2.77 bits per heavy atom. The van der Waals surface area contributed by atoms with Crippen molar-refractivity contribution in [3.05, 3.63) is 59.8 Å². The van der Waals surface area contributed by atoms with E-state index < -0.39 is 12.0 Å². The Balaban J connectivity index is 1.25. The van der Waals surface area contributed by atoms with Crippen molar-refractivity contribution in [2.24, 2.45) is 0 Å². The van der Waals surface area contributed by atoms with Crippen LogP contribution < -0.4 is 4.74 Å². The number of benzene rings is 1. The second-order valence-corrected chi connectivity index (χ2v) is 9.51. The third-order valence-corrected chi connectivity index (χ3v) is 6.59. The molecule has 0 amide bonds. The lowest BCUT2D eigenvalue weighted by molar-refractivity contribution is -0.198. The highest BCUT2D eigenvalue weighted by Crippen LogP contribution is 2.44. The molecule has 1 aromatic carbocycles. The van der Waals surface area contributed by atoms with Gasteiger partial charge in [-0.2, -0.15) is 0 Å². The summed E-state index contributed by atoms with van der Waals surface area (Å²) < 4.78 is 32.2. The fraction of sp³-hybridized carbons (Fsp3) is 0.400. The molecule has 1 unspecified atom stereocenters. The zero-order chi connectivity index (χ0) is 24.2. The van der Waals surface area contributed by atoms with E-state index in [1.165, 1.54) is 6.33 Å². The molecule has 6 rings (SSSR count). The molecule has 0 N–H and O–H groups in total. The molecule has 0 saturated carbocycles. The van der Waals surface area contributed by atoms with Gasteiger partial charge in [-0.15, -0.1) is 0 Å². The number of fused-ring (bicyclic) bond motifs is 3. The Hall–Kier alpha value is -2.82. The first-order valence-electron chi connectivity index (χ1n) is 11.4. The molecule has 2 saturated heterocycles. The van der Waals surface area contributed by atoms with Crippen molar-refractivity contribution in [1.82, 2.24) is 19.5 Å². The van der Waals surface area contributed by atoms with Gasteiger partial charge in [-0.05, 0) is 38.1 Å². The smallest absolute Gasteiger partial charge is 0.164 e. The van der Waals surface area contributed by atoms with Gasteiger partial charge in [0.25, 0.3) is 0 Å². The number of methoxy groups -OCH3 is 1. The molecular formula is C25H25ClN4O5. The van der Waals surface area contributed by atoms with E-state index in [0.717, 1.165) is 22.0 Å². The molecule has 9 nitrogen and oxygen atoms in total. The van der Waals surface area contributed by atoms with Crippen molar-refractivity contribution in [3.8, 4) is 5.75 Å². The van der Waals surface area contributed by atoms with E-state index in [1.807, 2.05) is 61.0 Å². The molecule has 4 aromatic rings. The highest BCUT2D eigenvalue weighted by molar-refractivity contribution is 6.33. The zero-order valence-corrected chi connectivity index (χ0v) is 20.3. The van der Waals surface area contributed by atoms with Gasteiger partial charge in [-0.25, -0.2) is 9.97 Å². The first kappa shape index (κ1) is 22.6. The van der Waals surface area contributed by atoms with E-state index in [-0.39, 0.29) is 24.9 Å². The van der Waals surface area contributed by atoms with E-state index in [9.17, 15) is 0 Å². The van der Waals surface area contributed by atoms with Gasteiger partial charge in [-0.1, -0.05) is 17.7 Å². The Labute approximate surface area is 206 Å².